The van der Waals surface area contributed by atoms with Crippen molar-refractivity contribution in [3.8, 4) is 0 Å². The number of amides is 1. The Kier molecular flexibility index (Phi) is 4.55. The summed E-state index contributed by atoms with van der Waals surface area (Å²) in [4.78, 5) is 11.7. The lowest BCUT2D eigenvalue weighted by Gasteiger charge is -2.31. The molecule has 17 heavy (non-hydrogen) atoms. The third-order valence-corrected chi connectivity index (χ3v) is 3.15. The molecule has 3 heteroatoms. The van der Waals surface area contributed by atoms with E-state index in [-0.39, 0.29) is 5.91 Å². The molecule has 1 aromatic rings. The van der Waals surface area contributed by atoms with Crippen molar-refractivity contribution in [1.82, 2.24) is 0 Å². The van der Waals surface area contributed by atoms with Gasteiger partial charge in [0.05, 0.1) is 0 Å². The first-order chi connectivity index (χ1) is 8.04. The van der Waals surface area contributed by atoms with E-state index in [2.05, 4.69) is 12.2 Å². The van der Waals surface area contributed by atoms with Gasteiger partial charge in [0.2, 0.25) is 5.91 Å². The van der Waals surface area contributed by atoms with Gasteiger partial charge < -0.3 is 11.1 Å². The van der Waals surface area contributed by atoms with Crippen molar-refractivity contribution in [2.75, 3.05) is 5.32 Å². The van der Waals surface area contributed by atoms with Crippen molar-refractivity contribution in [2.45, 2.75) is 45.6 Å². The van der Waals surface area contributed by atoms with Crippen LogP contribution in [0.2, 0.25) is 0 Å². The third kappa shape index (κ3) is 3.22. The molecule has 0 saturated carbocycles. The summed E-state index contributed by atoms with van der Waals surface area (Å²) in [5, 5.41) is 3.31. The number of nitrogens with one attached hydrogen (secondary N) is 1. The minimum atomic E-state index is -0.622. The topological polar surface area (TPSA) is 55.1 Å². The van der Waals surface area contributed by atoms with Crippen LogP contribution in [-0.4, -0.2) is 11.4 Å². The van der Waals surface area contributed by atoms with Gasteiger partial charge in [0, 0.05) is 5.69 Å². The first-order valence-electron chi connectivity index (χ1n) is 6.19. The Bertz CT molecular complexity index is 390. The summed E-state index contributed by atoms with van der Waals surface area (Å²) in [6.45, 7) is 6.08. The monoisotopic (exact) mass is 234 g/mol. The third-order valence-electron chi connectivity index (χ3n) is 3.15. The van der Waals surface area contributed by atoms with E-state index in [1.807, 2.05) is 38.1 Å². The van der Waals surface area contributed by atoms with E-state index < -0.39 is 5.54 Å². The maximum atomic E-state index is 11.7. The van der Waals surface area contributed by atoms with Gasteiger partial charge >= 0.3 is 0 Å². The van der Waals surface area contributed by atoms with Gasteiger partial charge in [-0.25, -0.2) is 0 Å². The summed E-state index contributed by atoms with van der Waals surface area (Å²) in [6.07, 6.45) is 2.38. The zero-order valence-corrected chi connectivity index (χ0v) is 10.9. The van der Waals surface area contributed by atoms with Crippen molar-refractivity contribution in [3.63, 3.8) is 0 Å². The molecule has 3 nitrogen and oxygen atoms in total. The Morgan fingerprint density at radius 2 is 2.12 bits per heavy atom. The number of benzene rings is 1. The Hall–Kier alpha value is -1.51. The van der Waals surface area contributed by atoms with E-state index in [0.717, 1.165) is 18.5 Å². The molecule has 0 saturated heterocycles. The van der Waals surface area contributed by atoms with Crippen LogP contribution in [0.15, 0.2) is 24.3 Å². The fraction of sp³-hybridized carbons (Fsp3) is 0.500. The van der Waals surface area contributed by atoms with Crippen LogP contribution >= 0.6 is 0 Å². The lowest BCUT2D eigenvalue weighted by molar-refractivity contribution is -0.122. The summed E-state index contributed by atoms with van der Waals surface area (Å²) in [5.74, 6) is -0.275. The summed E-state index contributed by atoms with van der Waals surface area (Å²) in [5.41, 5.74) is 7.06. The molecule has 0 aliphatic rings. The minimum Gasteiger partial charge on any atom is -0.371 e. The Morgan fingerprint density at radius 3 is 2.59 bits per heavy atom. The molecule has 0 aliphatic heterocycles. The molecule has 1 amide bonds. The molecule has 3 N–H and O–H groups in total. The molecule has 0 heterocycles. The molecule has 0 aromatic heterocycles. The van der Waals surface area contributed by atoms with Gasteiger partial charge in [0.15, 0.2) is 0 Å². The smallest absolute Gasteiger partial charge is 0.243 e. The summed E-state index contributed by atoms with van der Waals surface area (Å²) in [7, 11) is 0. The molecule has 0 fully saturated rings. The predicted octanol–water partition coefficient (Wildman–Crippen LogP) is 2.84. The van der Waals surface area contributed by atoms with Crippen molar-refractivity contribution in [2.24, 2.45) is 5.73 Å². The second-order valence-electron chi connectivity index (χ2n) is 4.54. The van der Waals surface area contributed by atoms with Crippen LogP contribution in [0.25, 0.3) is 0 Å². The minimum absolute atomic E-state index is 0.275. The number of rotatable bonds is 6. The second-order valence-corrected chi connectivity index (χ2v) is 4.54. The highest BCUT2D eigenvalue weighted by Gasteiger charge is 2.33. The molecule has 1 atom stereocenters. The van der Waals surface area contributed by atoms with E-state index in [1.165, 1.54) is 5.56 Å². The zero-order chi connectivity index (χ0) is 12.9. The lowest BCUT2D eigenvalue weighted by Crippen LogP contribution is -2.50. The van der Waals surface area contributed by atoms with Crippen LogP contribution in [0.1, 0.15) is 38.7 Å². The van der Waals surface area contributed by atoms with E-state index in [1.54, 1.807) is 0 Å². The van der Waals surface area contributed by atoms with E-state index in [9.17, 15) is 4.79 Å². The molecule has 0 bridgehead atoms. The molecular formula is C14H22N2O. The van der Waals surface area contributed by atoms with Crippen molar-refractivity contribution >= 4 is 11.6 Å². The SMILES string of the molecule is CCCC(CC)(Nc1cccc(C)c1)C(N)=O. The molecule has 1 aromatic carbocycles. The normalized spacial score (nSPS) is 14.1. The van der Waals surface area contributed by atoms with Crippen molar-refractivity contribution in [1.29, 1.82) is 0 Å². The second kappa shape index (κ2) is 5.71. The zero-order valence-electron chi connectivity index (χ0n) is 10.9. The molecule has 0 radical (unpaired) electrons. The van der Waals surface area contributed by atoms with Gasteiger partial charge in [-0.3, -0.25) is 4.79 Å². The maximum absolute atomic E-state index is 11.7. The number of anilines is 1. The number of hydrogen-bond donors (Lipinski definition) is 2. The molecule has 94 valence electrons. The van der Waals surface area contributed by atoms with Crippen LogP contribution < -0.4 is 11.1 Å². The standard InChI is InChI=1S/C14H22N2O/c1-4-9-14(5-2,13(15)17)16-12-8-6-7-11(3)10-12/h6-8,10,16H,4-5,9H2,1-3H3,(H2,15,17). The average molecular weight is 234 g/mol. The van der Waals surface area contributed by atoms with Gasteiger partial charge in [-0.05, 0) is 37.5 Å². The Morgan fingerprint density at radius 1 is 1.41 bits per heavy atom. The number of aryl methyl sites for hydroxylation is 1. The molecule has 1 unspecified atom stereocenters. The highest BCUT2D eigenvalue weighted by atomic mass is 16.1. The van der Waals surface area contributed by atoms with Gasteiger partial charge in [-0.15, -0.1) is 0 Å². The Labute approximate surface area is 103 Å². The van der Waals surface area contributed by atoms with Crippen LogP contribution in [0.5, 0.6) is 0 Å². The molecular weight excluding hydrogens is 212 g/mol. The van der Waals surface area contributed by atoms with Gasteiger partial charge in [0.1, 0.15) is 5.54 Å². The van der Waals surface area contributed by atoms with E-state index in [4.69, 9.17) is 5.73 Å². The van der Waals surface area contributed by atoms with E-state index in [0.29, 0.717) is 6.42 Å². The largest absolute Gasteiger partial charge is 0.371 e. The highest BCUT2D eigenvalue weighted by Crippen LogP contribution is 2.24. The summed E-state index contributed by atoms with van der Waals surface area (Å²) < 4.78 is 0. The molecule has 1 rings (SSSR count). The summed E-state index contributed by atoms with van der Waals surface area (Å²) >= 11 is 0. The number of carbonyl (C=O) groups excluding carboxylic acids is 1. The van der Waals surface area contributed by atoms with Crippen molar-refractivity contribution < 1.29 is 4.79 Å². The van der Waals surface area contributed by atoms with Gasteiger partial charge in [0.25, 0.3) is 0 Å². The first-order valence-corrected chi connectivity index (χ1v) is 6.19. The van der Waals surface area contributed by atoms with Gasteiger partial charge in [-0.2, -0.15) is 0 Å². The van der Waals surface area contributed by atoms with Crippen molar-refractivity contribution in [3.05, 3.63) is 29.8 Å². The maximum Gasteiger partial charge on any atom is 0.243 e. The molecule has 0 aliphatic carbocycles. The van der Waals surface area contributed by atoms with Crippen LogP contribution in [0, 0.1) is 6.92 Å². The number of primary amides is 1. The summed E-state index contributed by atoms with van der Waals surface area (Å²) in [6, 6.07) is 8.01. The fourth-order valence-electron chi connectivity index (χ4n) is 2.11. The van der Waals surface area contributed by atoms with Crippen LogP contribution in [-0.2, 0) is 4.79 Å². The quantitative estimate of drug-likeness (QED) is 0.795. The number of hydrogen-bond acceptors (Lipinski definition) is 2. The number of carbonyl (C=O) groups is 1. The Balaban J connectivity index is 2.96. The van der Waals surface area contributed by atoms with Crippen LogP contribution in [0.4, 0.5) is 5.69 Å². The fourth-order valence-corrected chi connectivity index (χ4v) is 2.11. The molecule has 0 spiro atoms. The average Bonchev–Trinajstić information content (AvgIpc) is 2.28. The van der Waals surface area contributed by atoms with E-state index >= 15 is 0 Å². The van der Waals surface area contributed by atoms with Crippen LogP contribution in [0.3, 0.4) is 0 Å². The van der Waals surface area contributed by atoms with Gasteiger partial charge in [-0.1, -0.05) is 32.4 Å². The first kappa shape index (κ1) is 13.6. The number of nitrogens with two attached hydrogens (primary N) is 1. The highest BCUT2D eigenvalue weighted by molar-refractivity contribution is 5.87. The lowest BCUT2D eigenvalue weighted by atomic mass is 9.89. The predicted molar refractivity (Wildman–Crippen MR) is 71.9 cm³/mol.